The van der Waals surface area contributed by atoms with Crippen molar-refractivity contribution in [3.63, 3.8) is 0 Å². The SMILES string of the molecule is CCc1ccc(OCCCOc2ccc(C=O)cc2N)cc1. The molecule has 0 aliphatic heterocycles. The van der Waals surface area contributed by atoms with E-state index < -0.39 is 0 Å². The standard InChI is InChI=1S/C18H21NO3/c1-2-14-4-7-16(8-5-14)21-10-3-11-22-18-9-6-15(13-20)12-17(18)19/h4-9,12-13H,2-3,10-11,19H2,1H3. The predicted octanol–water partition coefficient (Wildman–Crippen LogP) is 3.49. The topological polar surface area (TPSA) is 61.5 Å². The Morgan fingerprint density at radius 2 is 1.77 bits per heavy atom. The number of hydrogen-bond acceptors (Lipinski definition) is 4. The maximum absolute atomic E-state index is 10.6. The number of aldehydes is 1. The molecule has 0 unspecified atom stereocenters. The van der Waals surface area contributed by atoms with Crippen LogP contribution in [0.25, 0.3) is 0 Å². The van der Waals surface area contributed by atoms with E-state index in [1.54, 1.807) is 18.2 Å². The first-order chi connectivity index (χ1) is 10.7. The number of nitrogen functional groups attached to an aromatic ring is 1. The van der Waals surface area contributed by atoms with E-state index in [0.29, 0.717) is 30.2 Å². The maximum atomic E-state index is 10.6. The lowest BCUT2D eigenvalue weighted by Gasteiger charge is -2.10. The Morgan fingerprint density at radius 1 is 1.05 bits per heavy atom. The molecule has 2 rings (SSSR count). The smallest absolute Gasteiger partial charge is 0.150 e. The summed E-state index contributed by atoms with van der Waals surface area (Å²) in [5, 5.41) is 0. The van der Waals surface area contributed by atoms with E-state index in [2.05, 4.69) is 19.1 Å². The monoisotopic (exact) mass is 299 g/mol. The molecule has 0 spiro atoms. The van der Waals surface area contributed by atoms with Crippen molar-refractivity contribution in [2.24, 2.45) is 0 Å². The average Bonchev–Trinajstić information content (AvgIpc) is 2.56. The van der Waals surface area contributed by atoms with Gasteiger partial charge in [0.15, 0.2) is 0 Å². The zero-order valence-corrected chi connectivity index (χ0v) is 12.7. The van der Waals surface area contributed by atoms with Gasteiger partial charge in [-0.25, -0.2) is 0 Å². The van der Waals surface area contributed by atoms with E-state index in [-0.39, 0.29) is 0 Å². The van der Waals surface area contributed by atoms with Gasteiger partial charge in [-0.1, -0.05) is 19.1 Å². The molecule has 2 aromatic carbocycles. The van der Waals surface area contributed by atoms with Gasteiger partial charge in [0.2, 0.25) is 0 Å². The van der Waals surface area contributed by atoms with Crippen molar-refractivity contribution in [3.05, 3.63) is 53.6 Å². The highest BCUT2D eigenvalue weighted by Crippen LogP contribution is 2.22. The van der Waals surface area contributed by atoms with Crippen molar-refractivity contribution < 1.29 is 14.3 Å². The summed E-state index contributed by atoms with van der Waals surface area (Å²) in [6.07, 6.45) is 2.54. The van der Waals surface area contributed by atoms with Crippen LogP contribution in [0.4, 0.5) is 5.69 Å². The van der Waals surface area contributed by atoms with Gasteiger partial charge in [0.05, 0.1) is 18.9 Å². The first-order valence-electron chi connectivity index (χ1n) is 7.42. The second kappa shape index (κ2) is 8.08. The lowest BCUT2D eigenvalue weighted by Crippen LogP contribution is -2.06. The van der Waals surface area contributed by atoms with Gasteiger partial charge in [-0.2, -0.15) is 0 Å². The van der Waals surface area contributed by atoms with Gasteiger partial charge in [0.25, 0.3) is 0 Å². The van der Waals surface area contributed by atoms with Crippen molar-refractivity contribution in [3.8, 4) is 11.5 Å². The summed E-state index contributed by atoms with van der Waals surface area (Å²) in [5.41, 5.74) is 8.13. The Bertz CT molecular complexity index is 608. The minimum Gasteiger partial charge on any atom is -0.493 e. The lowest BCUT2D eigenvalue weighted by molar-refractivity contribution is 0.112. The Morgan fingerprint density at radius 3 is 2.41 bits per heavy atom. The van der Waals surface area contributed by atoms with Crippen LogP contribution in [0, 0.1) is 0 Å². The first-order valence-corrected chi connectivity index (χ1v) is 7.42. The molecule has 0 amide bonds. The van der Waals surface area contributed by atoms with E-state index >= 15 is 0 Å². The van der Waals surface area contributed by atoms with Gasteiger partial charge in [-0.15, -0.1) is 0 Å². The summed E-state index contributed by atoms with van der Waals surface area (Å²) >= 11 is 0. The fourth-order valence-corrected chi connectivity index (χ4v) is 2.02. The van der Waals surface area contributed by atoms with Crippen LogP contribution in [0.5, 0.6) is 11.5 Å². The van der Waals surface area contributed by atoms with Gasteiger partial charge in [0, 0.05) is 12.0 Å². The van der Waals surface area contributed by atoms with Crippen LogP contribution in [0.15, 0.2) is 42.5 Å². The molecule has 4 nitrogen and oxygen atoms in total. The summed E-state index contributed by atoms with van der Waals surface area (Å²) in [7, 11) is 0. The van der Waals surface area contributed by atoms with Crippen LogP contribution < -0.4 is 15.2 Å². The molecule has 0 radical (unpaired) electrons. The van der Waals surface area contributed by atoms with Crippen LogP contribution in [0.3, 0.4) is 0 Å². The molecular formula is C18H21NO3. The van der Waals surface area contributed by atoms with Crippen molar-refractivity contribution in [1.29, 1.82) is 0 Å². The molecule has 0 atom stereocenters. The minimum atomic E-state index is 0.473. The summed E-state index contributed by atoms with van der Waals surface area (Å²) < 4.78 is 11.2. The van der Waals surface area contributed by atoms with Crippen LogP contribution in [-0.2, 0) is 6.42 Å². The quantitative estimate of drug-likeness (QED) is 0.460. The fraction of sp³-hybridized carbons (Fsp3) is 0.278. The second-order valence-corrected chi connectivity index (χ2v) is 4.96. The van der Waals surface area contributed by atoms with Crippen molar-refractivity contribution >= 4 is 12.0 Å². The molecule has 0 saturated carbocycles. The summed E-state index contributed by atoms with van der Waals surface area (Å²) in [6.45, 7) is 3.22. The third kappa shape index (κ3) is 4.52. The Balaban J connectivity index is 1.71. The third-order valence-corrected chi connectivity index (χ3v) is 3.32. The normalized spacial score (nSPS) is 10.2. The van der Waals surface area contributed by atoms with E-state index in [4.69, 9.17) is 15.2 Å². The summed E-state index contributed by atoms with van der Waals surface area (Å²) in [4.78, 5) is 10.6. The molecule has 0 fully saturated rings. The van der Waals surface area contributed by atoms with Crippen molar-refractivity contribution in [2.75, 3.05) is 18.9 Å². The number of ether oxygens (including phenoxy) is 2. The highest BCUT2D eigenvalue weighted by Gasteiger charge is 2.02. The molecule has 0 heterocycles. The zero-order chi connectivity index (χ0) is 15.8. The number of carbonyl (C=O) groups is 1. The summed E-state index contributed by atoms with van der Waals surface area (Å²) in [6, 6.07) is 13.1. The molecule has 4 heteroatoms. The number of benzene rings is 2. The van der Waals surface area contributed by atoms with Crippen molar-refractivity contribution in [1.82, 2.24) is 0 Å². The number of anilines is 1. The zero-order valence-electron chi connectivity index (χ0n) is 12.7. The van der Waals surface area contributed by atoms with E-state index in [0.717, 1.165) is 24.9 Å². The number of nitrogens with two attached hydrogens (primary N) is 1. The van der Waals surface area contributed by atoms with Crippen LogP contribution >= 0.6 is 0 Å². The molecule has 0 aliphatic carbocycles. The highest BCUT2D eigenvalue weighted by molar-refractivity contribution is 5.78. The fourth-order valence-electron chi connectivity index (χ4n) is 2.02. The largest absolute Gasteiger partial charge is 0.493 e. The molecule has 0 saturated heterocycles. The summed E-state index contributed by atoms with van der Waals surface area (Å²) in [5.74, 6) is 1.46. The number of hydrogen-bond donors (Lipinski definition) is 1. The van der Waals surface area contributed by atoms with Crippen LogP contribution in [0.1, 0.15) is 29.3 Å². The molecule has 22 heavy (non-hydrogen) atoms. The van der Waals surface area contributed by atoms with Crippen LogP contribution in [0.2, 0.25) is 0 Å². The third-order valence-electron chi connectivity index (χ3n) is 3.32. The van der Waals surface area contributed by atoms with Crippen LogP contribution in [-0.4, -0.2) is 19.5 Å². The number of carbonyl (C=O) groups excluding carboxylic acids is 1. The van der Waals surface area contributed by atoms with E-state index in [9.17, 15) is 4.79 Å². The molecule has 2 aromatic rings. The van der Waals surface area contributed by atoms with E-state index in [1.807, 2.05) is 12.1 Å². The minimum absolute atomic E-state index is 0.473. The van der Waals surface area contributed by atoms with E-state index in [1.165, 1.54) is 5.56 Å². The van der Waals surface area contributed by atoms with Gasteiger partial charge in [0.1, 0.15) is 17.8 Å². The Kier molecular flexibility index (Phi) is 5.83. The predicted molar refractivity (Wildman–Crippen MR) is 87.7 cm³/mol. The average molecular weight is 299 g/mol. The first kappa shape index (κ1) is 15.9. The van der Waals surface area contributed by atoms with Gasteiger partial charge < -0.3 is 15.2 Å². The molecule has 0 bridgehead atoms. The molecular weight excluding hydrogens is 278 g/mol. The second-order valence-electron chi connectivity index (χ2n) is 4.96. The lowest BCUT2D eigenvalue weighted by atomic mass is 10.2. The Hall–Kier alpha value is -2.49. The maximum Gasteiger partial charge on any atom is 0.150 e. The number of rotatable bonds is 8. The Labute approximate surface area is 130 Å². The number of aryl methyl sites for hydroxylation is 1. The molecule has 2 N–H and O–H groups in total. The van der Waals surface area contributed by atoms with Gasteiger partial charge in [-0.05, 0) is 42.3 Å². The molecule has 116 valence electrons. The van der Waals surface area contributed by atoms with Gasteiger partial charge in [-0.3, -0.25) is 4.79 Å². The molecule has 0 aromatic heterocycles. The van der Waals surface area contributed by atoms with Gasteiger partial charge >= 0.3 is 0 Å². The highest BCUT2D eigenvalue weighted by atomic mass is 16.5. The van der Waals surface area contributed by atoms with Crippen molar-refractivity contribution in [2.45, 2.75) is 19.8 Å². The molecule has 0 aliphatic rings.